The van der Waals surface area contributed by atoms with Gasteiger partial charge in [0.15, 0.2) is 0 Å². The van der Waals surface area contributed by atoms with Crippen molar-refractivity contribution >= 4 is 11.6 Å². The van der Waals surface area contributed by atoms with E-state index in [-0.39, 0.29) is 6.10 Å². The minimum absolute atomic E-state index is 0.0294. The Bertz CT molecular complexity index is 685. The van der Waals surface area contributed by atoms with E-state index in [1.165, 1.54) is 7.11 Å². The minimum atomic E-state index is -0.401. The highest BCUT2D eigenvalue weighted by molar-refractivity contribution is 5.92. The average Bonchev–Trinajstić information content (AvgIpc) is 2.95. The van der Waals surface area contributed by atoms with Crippen LogP contribution in [0.1, 0.15) is 75.3 Å². The summed E-state index contributed by atoms with van der Waals surface area (Å²) in [6.07, 6.45) is 8.26. The van der Waals surface area contributed by atoms with Crippen molar-refractivity contribution in [3.05, 3.63) is 29.7 Å². The Morgan fingerprint density at radius 1 is 1.21 bits per heavy atom. The van der Waals surface area contributed by atoms with Crippen LogP contribution in [0.5, 0.6) is 5.75 Å². The Morgan fingerprint density at radius 2 is 1.88 bits per heavy atom. The van der Waals surface area contributed by atoms with Crippen LogP contribution in [-0.2, 0) is 4.74 Å². The topological polar surface area (TPSA) is 52.8 Å². The third-order valence-corrected chi connectivity index (χ3v) is 4.03. The van der Waals surface area contributed by atoms with Gasteiger partial charge in [-0.1, -0.05) is 26.7 Å². The van der Waals surface area contributed by atoms with Crippen molar-refractivity contribution < 1.29 is 14.3 Å². The van der Waals surface area contributed by atoms with Gasteiger partial charge in [-0.25, -0.2) is 9.78 Å². The number of aromatic nitrogens is 2. The van der Waals surface area contributed by atoms with Crippen molar-refractivity contribution in [1.29, 1.82) is 0 Å². The molecule has 0 bridgehead atoms. The van der Waals surface area contributed by atoms with Gasteiger partial charge >= 0.3 is 5.97 Å². The first-order chi connectivity index (χ1) is 11.5. The van der Waals surface area contributed by atoms with Gasteiger partial charge in [0, 0.05) is 24.4 Å². The molecular formula is C19H28N2O3. The van der Waals surface area contributed by atoms with Gasteiger partial charge in [-0.2, -0.15) is 0 Å². The fraction of sp³-hybridized carbons (Fsp3) is 0.579. The Hall–Kier alpha value is -2.04. The van der Waals surface area contributed by atoms with Gasteiger partial charge in [0.1, 0.15) is 17.0 Å². The fourth-order valence-corrected chi connectivity index (χ4v) is 2.98. The third-order valence-electron chi connectivity index (χ3n) is 4.03. The molecule has 0 unspecified atom stereocenters. The van der Waals surface area contributed by atoms with Gasteiger partial charge in [0.25, 0.3) is 0 Å². The van der Waals surface area contributed by atoms with Crippen molar-refractivity contribution in [2.24, 2.45) is 0 Å². The number of imidazole rings is 1. The summed E-state index contributed by atoms with van der Waals surface area (Å²) in [4.78, 5) is 16.8. The zero-order chi connectivity index (χ0) is 17.7. The highest BCUT2D eigenvalue weighted by atomic mass is 16.5. The number of nitrogens with zero attached hydrogens (tertiary/aromatic N) is 2. The van der Waals surface area contributed by atoms with Gasteiger partial charge in [0.2, 0.25) is 0 Å². The van der Waals surface area contributed by atoms with E-state index in [9.17, 15) is 4.79 Å². The predicted molar refractivity (Wildman–Crippen MR) is 94.9 cm³/mol. The van der Waals surface area contributed by atoms with Crippen molar-refractivity contribution in [3.63, 3.8) is 0 Å². The summed E-state index contributed by atoms with van der Waals surface area (Å²) in [5, 5.41) is 0. The normalized spacial score (nSPS) is 11.5. The Balaban J connectivity index is 2.48. The first-order valence-corrected chi connectivity index (χ1v) is 8.77. The molecule has 2 heterocycles. The Labute approximate surface area is 144 Å². The molecule has 0 aliphatic rings. The molecule has 0 aliphatic carbocycles. The molecule has 0 saturated carbocycles. The second kappa shape index (κ2) is 8.18. The molecule has 0 aromatic carbocycles. The maximum Gasteiger partial charge on any atom is 0.343 e. The van der Waals surface area contributed by atoms with E-state index in [1.807, 2.05) is 30.5 Å². The Kier molecular flexibility index (Phi) is 6.23. The number of fused-ring (bicyclic) bond motifs is 1. The number of methoxy groups -OCH3 is 1. The fourth-order valence-electron chi connectivity index (χ4n) is 2.98. The monoisotopic (exact) mass is 332 g/mol. The van der Waals surface area contributed by atoms with E-state index in [0.717, 1.165) is 37.0 Å². The quantitative estimate of drug-likeness (QED) is 0.663. The molecule has 2 aromatic rings. The summed E-state index contributed by atoms with van der Waals surface area (Å²) in [7, 11) is 1.38. The molecule has 0 amide bonds. The second-order valence-electron chi connectivity index (χ2n) is 6.42. The molecule has 0 fully saturated rings. The van der Waals surface area contributed by atoms with E-state index < -0.39 is 5.97 Å². The van der Waals surface area contributed by atoms with Gasteiger partial charge in [0.05, 0.1) is 18.9 Å². The predicted octanol–water partition coefficient (Wildman–Crippen LogP) is 4.59. The number of rotatable bonds is 8. The number of carbonyl (C=O) groups excluding carboxylic acids is 1. The number of esters is 1. The largest absolute Gasteiger partial charge is 0.490 e. The van der Waals surface area contributed by atoms with Crippen LogP contribution in [0.2, 0.25) is 0 Å². The summed E-state index contributed by atoms with van der Waals surface area (Å²) < 4.78 is 12.6. The summed E-state index contributed by atoms with van der Waals surface area (Å²) in [5.41, 5.74) is 2.30. The molecule has 2 rings (SSSR count). The van der Waals surface area contributed by atoms with Crippen LogP contribution >= 0.6 is 0 Å². The molecule has 0 atom stereocenters. The highest BCUT2D eigenvalue weighted by Gasteiger charge is 2.19. The SMILES string of the molecule is CCCC(CCC)c1cn2cc(C(=O)OC)c(OC(C)C)cc2n1. The molecule has 24 heavy (non-hydrogen) atoms. The maximum atomic E-state index is 12.1. The number of carbonyl (C=O) groups is 1. The summed E-state index contributed by atoms with van der Waals surface area (Å²) in [6, 6.07) is 1.82. The molecule has 2 aromatic heterocycles. The second-order valence-corrected chi connectivity index (χ2v) is 6.42. The van der Waals surface area contributed by atoms with Gasteiger partial charge < -0.3 is 13.9 Å². The van der Waals surface area contributed by atoms with E-state index in [0.29, 0.717) is 17.2 Å². The van der Waals surface area contributed by atoms with E-state index in [2.05, 4.69) is 13.8 Å². The first kappa shape index (κ1) is 18.3. The van der Waals surface area contributed by atoms with E-state index >= 15 is 0 Å². The zero-order valence-electron chi connectivity index (χ0n) is 15.3. The number of hydrogen-bond donors (Lipinski definition) is 0. The molecule has 0 spiro atoms. The van der Waals surface area contributed by atoms with Crippen molar-refractivity contribution in [2.75, 3.05) is 7.11 Å². The third kappa shape index (κ3) is 4.08. The lowest BCUT2D eigenvalue weighted by Crippen LogP contribution is -2.12. The van der Waals surface area contributed by atoms with Crippen molar-refractivity contribution in [2.45, 2.75) is 65.4 Å². The van der Waals surface area contributed by atoms with E-state index in [1.54, 1.807) is 6.20 Å². The first-order valence-electron chi connectivity index (χ1n) is 8.77. The number of ether oxygens (including phenoxy) is 2. The lowest BCUT2D eigenvalue weighted by Gasteiger charge is -2.13. The summed E-state index contributed by atoms with van der Waals surface area (Å²) >= 11 is 0. The van der Waals surface area contributed by atoms with Crippen LogP contribution in [0.25, 0.3) is 5.65 Å². The lowest BCUT2D eigenvalue weighted by atomic mass is 9.95. The van der Waals surface area contributed by atoms with Crippen LogP contribution in [0.15, 0.2) is 18.5 Å². The van der Waals surface area contributed by atoms with Gasteiger partial charge in [-0.15, -0.1) is 0 Å². The molecule has 0 radical (unpaired) electrons. The number of hydrogen-bond acceptors (Lipinski definition) is 4. The zero-order valence-corrected chi connectivity index (χ0v) is 15.3. The Morgan fingerprint density at radius 3 is 2.42 bits per heavy atom. The summed E-state index contributed by atoms with van der Waals surface area (Å²) in [5.74, 6) is 0.571. The van der Waals surface area contributed by atoms with Crippen molar-refractivity contribution in [1.82, 2.24) is 9.38 Å². The highest BCUT2D eigenvalue weighted by Crippen LogP contribution is 2.28. The molecule has 0 saturated heterocycles. The smallest absolute Gasteiger partial charge is 0.343 e. The molecule has 5 nitrogen and oxygen atoms in total. The van der Waals surface area contributed by atoms with Crippen LogP contribution in [0, 0.1) is 0 Å². The van der Waals surface area contributed by atoms with Crippen LogP contribution in [-0.4, -0.2) is 28.6 Å². The lowest BCUT2D eigenvalue weighted by molar-refractivity contribution is 0.0593. The van der Waals surface area contributed by atoms with Gasteiger partial charge in [-0.3, -0.25) is 0 Å². The average molecular weight is 332 g/mol. The molecular weight excluding hydrogens is 304 g/mol. The van der Waals surface area contributed by atoms with Crippen LogP contribution < -0.4 is 4.74 Å². The van der Waals surface area contributed by atoms with Gasteiger partial charge in [-0.05, 0) is 26.7 Å². The van der Waals surface area contributed by atoms with Crippen LogP contribution in [0.4, 0.5) is 0 Å². The molecule has 5 heteroatoms. The molecule has 132 valence electrons. The van der Waals surface area contributed by atoms with Crippen molar-refractivity contribution in [3.8, 4) is 5.75 Å². The summed E-state index contributed by atoms with van der Waals surface area (Å²) in [6.45, 7) is 8.26. The van der Waals surface area contributed by atoms with Crippen LogP contribution in [0.3, 0.4) is 0 Å². The number of pyridine rings is 1. The molecule has 0 N–H and O–H groups in total. The molecule has 0 aliphatic heterocycles. The minimum Gasteiger partial charge on any atom is -0.490 e. The van der Waals surface area contributed by atoms with E-state index in [4.69, 9.17) is 14.5 Å². The maximum absolute atomic E-state index is 12.1. The standard InChI is InChI=1S/C19H28N2O3/c1-6-8-14(9-7-2)16-12-21-11-15(19(22)23-5)17(24-13(3)4)10-18(21)20-16/h10-14H,6-9H2,1-5H3.